The second kappa shape index (κ2) is 3.71. The lowest BCUT2D eigenvalue weighted by molar-refractivity contribution is -0.158. The first-order chi connectivity index (χ1) is 6.72. The number of carbonyl (C=O) groups excluding carboxylic acids is 1. The first-order valence-corrected chi connectivity index (χ1v) is 4.96. The molecule has 78 valence electrons. The SMILES string of the molecule is C=C1[C@H](CCN)O[C@H]2CCC(=O)O[C@@H]12. The van der Waals surface area contributed by atoms with Crippen molar-refractivity contribution in [2.24, 2.45) is 5.73 Å². The van der Waals surface area contributed by atoms with Crippen LogP contribution in [0.4, 0.5) is 0 Å². The Kier molecular flexibility index (Phi) is 2.56. The number of esters is 1. The predicted octanol–water partition coefficient (Wildman–Crippen LogP) is 0.364. The number of hydrogen-bond acceptors (Lipinski definition) is 4. The van der Waals surface area contributed by atoms with Gasteiger partial charge in [0, 0.05) is 6.42 Å². The summed E-state index contributed by atoms with van der Waals surface area (Å²) < 4.78 is 10.9. The molecular weight excluding hydrogens is 182 g/mol. The van der Waals surface area contributed by atoms with Gasteiger partial charge >= 0.3 is 5.97 Å². The van der Waals surface area contributed by atoms with Gasteiger partial charge in [-0.05, 0) is 25.0 Å². The standard InChI is InChI=1S/C10H15NO3/c1-6-7(4-5-11)13-8-2-3-9(12)14-10(6)8/h7-8,10H,1-5,11H2/t7-,8-,10-/m0/s1. The van der Waals surface area contributed by atoms with E-state index >= 15 is 0 Å². The number of hydrogen-bond donors (Lipinski definition) is 1. The molecule has 2 heterocycles. The topological polar surface area (TPSA) is 61.5 Å². The van der Waals surface area contributed by atoms with Gasteiger partial charge in [-0.25, -0.2) is 0 Å². The van der Waals surface area contributed by atoms with Crippen LogP contribution in [0.1, 0.15) is 19.3 Å². The molecule has 2 fully saturated rings. The van der Waals surface area contributed by atoms with Gasteiger partial charge in [-0.2, -0.15) is 0 Å². The normalized spacial score (nSPS) is 36.8. The number of fused-ring (bicyclic) bond motifs is 1. The van der Waals surface area contributed by atoms with Crippen LogP contribution in [0.15, 0.2) is 12.2 Å². The van der Waals surface area contributed by atoms with E-state index in [1.165, 1.54) is 0 Å². The monoisotopic (exact) mass is 197 g/mol. The van der Waals surface area contributed by atoms with E-state index in [-0.39, 0.29) is 24.3 Å². The zero-order valence-corrected chi connectivity index (χ0v) is 8.07. The minimum Gasteiger partial charge on any atom is -0.455 e. The number of nitrogens with two attached hydrogens (primary N) is 1. The summed E-state index contributed by atoms with van der Waals surface area (Å²) in [5.41, 5.74) is 6.33. The minimum absolute atomic E-state index is 0.0109. The Labute approximate surface area is 83.1 Å². The summed E-state index contributed by atoms with van der Waals surface area (Å²) in [5, 5.41) is 0. The molecule has 0 aromatic rings. The van der Waals surface area contributed by atoms with Crippen LogP contribution in [-0.2, 0) is 14.3 Å². The summed E-state index contributed by atoms with van der Waals surface area (Å²) in [6.07, 6.45) is 1.70. The summed E-state index contributed by atoms with van der Waals surface area (Å²) in [5.74, 6) is -0.149. The smallest absolute Gasteiger partial charge is 0.306 e. The summed E-state index contributed by atoms with van der Waals surface area (Å²) in [4.78, 5) is 11.1. The zero-order valence-electron chi connectivity index (χ0n) is 8.07. The molecule has 0 saturated carbocycles. The van der Waals surface area contributed by atoms with Crippen LogP contribution in [0.3, 0.4) is 0 Å². The van der Waals surface area contributed by atoms with Gasteiger partial charge in [0.15, 0.2) is 6.10 Å². The Morgan fingerprint density at radius 1 is 1.57 bits per heavy atom. The molecule has 2 aliphatic rings. The van der Waals surface area contributed by atoms with Crippen LogP contribution in [-0.4, -0.2) is 30.8 Å². The van der Waals surface area contributed by atoms with E-state index in [9.17, 15) is 4.79 Å². The summed E-state index contributed by atoms with van der Waals surface area (Å²) in [6, 6.07) is 0. The van der Waals surface area contributed by atoms with Crippen molar-refractivity contribution in [2.45, 2.75) is 37.6 Å². The number of rotatable bonds is 2. The third kappa shape index (κ3) is 1.55. The van der Waals surface area contributed by atoms with Gasteiger partial charge in [0.05, 0.1) is 12.2 Å². The highest BCUT2D eigenvalue weighted by Gasteiger charge is 2.43. The van der Waals surface area contributed by atoms with Crippen LogP contribution in [0.2, 0.25) is 0 Å². The maximum absolute atomic E-state index is 11.1. The van der Waals surface area contributed by atoms with E-state index < -0.39 is 0 Å². The quantitative estimate of drug-likeness (QED) is 0.513. The van der Waals surface area contributed by atoms with Gasteiger partial charge < -0.3 is 15.2 Å². The second-order valence-electron chi connectivity index (χ2n) is 3.76. The van der Waals surface area contributed by atoms with Crippen LogP contribution >= 0.6 is 0 Å². The first kappa shape index (κ1) is 9.68. The molecule has 14 heavy (non-hydrogen) atoms. The van der Waals surface area contributed by atoms with E-state index in [2.05, 4.69) is 6.58 Å². The third-order valence-electron chi connectivity index (χ3n) is 2.78. The molecule has 4 nitrogen and oxygen atoms in total. The van der Waals surface area contributed by atoms with E-state index in [1.54, 1.807) is 0 Å². The fraction of sp³-hybridized carbons (Fsp3) is 0.700. The molecule has 2 saturated heterocycles. The largest absolute Gasteiger partial charge is 0.455 e. The van der Waals surface area contributed by atoms with Crippen LogP contribution < -0.4 is 5.73 Å². The van der Waals surface area contributed by atoms with Crippen molar-refractivity contribution in [2.75, 3.05) is 6.54 Å². The van der Waals surface area contributed by atoms with Gasteiger partial charge in [-0.3, -0.25) is 4.79 Å². The fourth-order valence-corrected chi connectivity index (χ4v) is 2.03. The Morgan fingerprint density at radius 2 is 2.36 bits per heavy atom. The molecule has 0 aromatic carbocycles. The van der Waals surface area contributed by atoms with Crippen molar-refractivity contribution in [1.82, 2.24) is 0 Å². The van der Waals surface area contributed by atoms with Crippen molar-refractivity contribution in [3.05, 3.63) is 12.2 Å². The lowest BCUT2D eigenvalue weighted by Crippen LogP contribution is -2.33. The molecule has 0 amide bonds. The van der Waals surface area contributed by atoms with Crippen LogP contribution in [0.25, 0.3) is 0 Å². The minimum atomic E-state index is -0.229. The van der Waals surface area contributed by atoms with Crippen molar-refractivity contribution < 1.29 is 14.3 Å². The Morgan fingerprint density at radius 3 is 3.07 bits per heavy atom. The molecule has 0 bridgehead atoms. The Hall–Kier alpha value is -0.870. The molecule has 2 N–H and O–H groups in total. The lowest BCUT2D eigenvalue weighted by Gasteiger charge is -2.23. The summed E-state index contributed by atoms with van der Waals surface area (Å²) >= 11 is 0. The molecule has 0 aliphatic carbocycles. The predicted molar refractivity (Wildman–Crippen MR) is 50.6 cm³/mol. The van der Waals surface area contributed by atoms with Crippen molar-refractivity contribution in [1.29, 1.82) is 0 Å². The van der Waals surface area contributed by atoms with E-state index in [0.717, 1.165) is 18.4 Å². The number of ether oxygens (including phenoxy) is 2. The van der Waals surface area contributed by atoms with E-state index in [1.807, 2.05) is 0 Å². The fourth-order valence-electron chi connectivity index (χ4n) is 2.03. The van der Waals surface area contributed by atoms with Gasteiger partial charge in [0.1, 0.15) is 0 Å². The molecule has 2 aliphatic heterocycles. The summed E-state index contributed by atoms with van der Waals surface area (Å²) in [7, 11) is 0. The maximum Gasteiger partial charge on any atom is 0.306 e. The average molecular weight is 197 g/mol. The Bertz CT molecular complexity index is 264. The highest BCUT2D eigenvalue weighted by molar-refractivity contribution is 5.71. The highest BCUT2D eigenvalue weighted by Crippen LogP contribution is 2.34. The molecule has 0 radical (unpaired) electrons. The van der Waals surface area contributed by atoms with Crippen LogP contribution in [0.5, 0.6) is 0 Å². The van der Waals surface area contributed by atoms with Gasteiger partial charge in [-0.15, -0.1) is 0 Å². The molecule has 2 rings (SSSR count). The average Bonchev–Trinajstić information content (AvgIpc) is 2.46. The van der Waals surface area contributed by atoms with Gasteiger partial charge in [-0.1, -0.05) is 6.58 Å². The van der Waals surface area contributed by atoms with Crippen LogP contribution in [0, 0.1) is 0 Å². The van der Waals surface area contributed by atoms with Gasteiger partial charge in [0.2, 0.25) is 0 Å². The van der Waals surface area contributed by atoms with Crippen molar-refractivity contribution >= 4 is 5.97 Å². The van der Waals surface area contributed by atoms with Gasteiger partial charge in [0.25, 0.3) is 0 Å². The zero-order chi connectivity index (χ0) is 10.1. The highest BCUT2D eigenvalue weighted by atomic mass is 16.6. The lowest BCUT2D eigenvalue weighted by atomic mass is 9.99. The van der Waals surface area contributed by atoms with E-state index in [0.29, 0.717) is 13.0 Å². The molecule has 0 spiro atoms. The maximum atomic E-state index is 11.1. The number of carbonyl (C=O) groups is 1. The molecule has 3 atom stereocenters. The molecule has 4 heteroatoms. The van der Waals surface area contributed by atoms with Crippen molar-refractivity contribution in [3.63, 3.8) is 0 Å². The summed E-state index contributed by atoms with van der Waals surface area (Å²) in [6.45, 7) is 4.48. The second-order valence-corrected chi connectivity index (χ2v) is 3.76. The molecule has 0 unspecified atom stereocenters. The van der Waals surface area contributed by atoms with Crippen molar-refractivity contribution in [3.8, 4) is 0 Å². The Balaban J connectivity index is 2.05. The molecule has 0 aromatic heterocycles. The third-order valence-corrected chi connectivity index (χ3v) is 2.78. The van der Waals surface area contributed by atoms with E-state index in [4.69, 9.17) is 15.2 Å². The first-order valence-electron chi connectivity index (χ1n) is 4.96. The molecular formula is C10H15NO3.